The molecule has 1 saturated carbocycles. The van der Waals surface area contributed by atoms with Gasteiger partial charge in [0.1, 0.15) is 5.00 Å². The van der Waals surface area contributed by atoms with Crippen LogP contribution < -0.4 is 16.0 Å². The Morgan fingerprint density at radius 1 is 1.25 bits per heavy atom. The number of thiophene rings is 1. The summed E-state index contributed by atoms with van der Waals surface area (Å²) in [7, 11) is 1.96. The fourth-order valence-corrected chi connectivity index (χ4v) is 4.65. The zero-order valence-electron chi connectivity index (χ0n) is 14.5. The van der Waals surface area contributed by atoms with Gasteiger partial charge >= 0.3 is 0 Å². The molecule has 2 aliphatic carbocycles. The van der Waals surface area contributed by atoms with Gasteiger partial charge in [0.25, 0.3) is 5.91 Å². The molecule has 2 amide bonds. The molecule has 0 aliphatic heterocycles. The highest BCUT2D eigenvalue weighted by molar-refractivity contribution is 7.17. The Hall–Kier alpha value is -1.40. The van der Waals surface area contributed by atoms with Crippen LogP contribution in [0.4, 0.5) is 5.00 Å². The summed E-state index contributed by atoms with van der Waals surface area (Å²) < 4.78 is 0. The van der Waals surface area contributed by atoms with E-state index in [9.17, 15) is 9.59 Å². The third-order valence-corrected chi connectivity index (χ3v) is 6.11. The molecule has 3 rings (SSSR count). The lowest BCUT2D eigenvalue weighted by molar-refractivity contribution is -0.117. The second-order valence-corrected chi connectivity index (χ2v) is 7.81. The predicted octanol–water partition coefficient (Wildman–Crippen LogP) is 3.22. The van der Waals surface area contributed by atoms with Gasteiger partial charge in [-0.05, 0) is 51.1 Å². The molecule has 0 aromatic carbocycles. The second kappa shape index (κ2) is 7.66. The summed E-state index contributed by atoms with van der Waals surface area (Å²) in [5.41, 5.74) is 1.84. The lowest BCUT2D eigenvalue weighted by atomic mass is 9.91. The Kier molecular flexibility index (Phi) is 5.56. The van der Waals surface area contributed by atoms with Gasteiger partial charge in [-0.1, -0.05) is 13.3 Å². The largest absolute Gasteiger partial charge is 0.352 e. The van der Waals surface area contributed by atoms with Crippen LogP contribution in [0.2, 0.25) is 0 Å². The third-order valence-electron chi connectivity index (χ3n) is 4.85. The van der Waals surface area contributed by atoms with Gasteiger partial charge in [0.05, 0.1) is 5.56 Å². The van der Waals surface area contributed by atoms with Crippen molar-refractivity contribution >= 4 is 28.2 Å². The number of fused-ring (bicyclic) bond motifs is 1. The van der Waals surface area contributed by atoms with E-state index in [4.69, 9.17) is 0 Å². The first-order chi connectivity index (χ1) is 11.7. The van der Waals surface area contributed by atoms with Gasteiger partial charge in [-0.25, -0.2) is 0 Å². The number of amides is 2. The average molecular weight is 350 g/mol. The van der Waals surface area contributed by atoms with Crippen LogP contribution in [-0.2, 0) is 11.2 Å². The minimum Gasteiger partial charge on any atom is -0.352 e. The molecular formula is C18H27N3O2S. The van der Waals surface area contributed by atoms with E-state index >= 15 is 0 Å². The minimum absolute atomic E-state index is 0.0381. The van der Waals surface area contributed by atoms with Gasteiger partial charge in [0.2, 0.25) is 5.91 Å². The standard InChI is InChI=1S/C18H27N3O2S/c1-3-4-10-20-17(23)14-12-6-5-7-13(19-2)15(12)24-18(14)21-16(22)11-8-9-11/h11,13,19H,3-10H2,1-2H3,(H,20,23)(H,21,22). The summed E-state index contributed by atoms with van der Waals surface area (Å²) in [5.74, 6) is 0.168. The molecule has 0 radical (unpaired) electrons. The molecular weight excluding hydrogens is 322 g/mol. The molecule has 1 aromatic heterocycles. The summed E-state index contributed by atoms with van der Waals surface area (Å²) in [6.07, 6.45) is 7.02. The fourth-order valence-electron chi connectivity index (χ4n) is 3.26. The highest BCUT2D eigenvalue weighted by atomic mass is 32.1. The molecule has 6 heteroatoms. The highest BCUT2D eigenvalue weighted by Crippen LogP contribution is 2.43. The predicted molar refractivity (Wildman–Crippen MR) is 97.7 cm³/mol. The number of hydrogen-bond donors (Lipinski definition) is 3. The van der Waals surface area contributed by atoms with Gasteiger partial charge in [0.15, 0.2) is 0 Å². The molecule has 5 nitrogen and oxygen atoms in total. The molecule has 1 aromatic rings. The zero-order valence-corrected chi connectivity index (χ0v) is 15.4. The van der Waals surface area contributed by atoms with Gasteiger partial charge in [-0.3, -0.25) is 9.59 Å². The topological polar surface area (TPSA) is 70.2 Å². The molecule has 2 aliphatic rings. The summed E-state index contributed by atoms with van der Waals surface area (Å²) in [4.78, 5) is 26.2. The number of anilines is 1. The molecule has 1 atom stereocenters. The Bertz CT molecular complexity index is 622. The summed E-state index contributed by atoms with van der Waals surface area (Å²) in [5, 5.41) is 10.1. The number of unbranched alkanes of at least 4 members (excludes halogenated alkanes) is 1. The Balaban J connectivity index is 1.88. The lowest BCUT2D eigenvalue weighted by Crippen LogP contribution is -2.27. The number of rotatable bonds is 7. The van der Waals surface area contributed by atoms with Crippen molar-refractivity contribution in [3.05, 3.63) is 16.0 Å². The smallest absolute Gasteiger partial charge is 0.254 e. The number of hydrogen-bond acceptors (Lipinski definition) is 4. The summed E-state index contributed by atoms with van der Waals surface area (Å²) in [6.45, 7) is 2.79. The van der Waals surface area contributed by atoms with E-state index in [-0.39, 0.29) is 23.8 Å². The fraction of sp³-hybridized carbons (Fsp3) is 0.667. The summed E-state index contributed by atoms with van der Waals surface area (Å²) in [6, 6.07) is 0.285. The Morgan fingerprint density at radius 2 is 2.04 bits per heavy atom. The molecule has 1 fully saturated rings. The van der Waals surface area contributed by atoms with Crippen molar-refractivity contribution in [2.45, 2.75) is 57.9 Å². The molecule has 1 unspecified atom stereocenters. The molecule has 3 N–H and O–H groups in total. The van der Waals surface area contributed by atoms with Crippen molar-refractivity contribution in [2.75, 3.05) is 18.9 Å². The van der Waals surface area contributed by atoms with Crippen molar-refractivity contribution in [1.29, 1.82) is 0 Å². The van der Waals surface area contributed by atoms with Crippen molar-refractivity contribution in [3.63, 3.8) is 0 Å². The summed E-state index contributed by atoms with van der Waals surface area (Å²) >= 11 is 1.58. The molecule has 0 spiro atoms. The molecule has 0 bridgehead atoms. The highest BCUT2D eigenvalue weighted by Gasteiger charge is 2.34. The van der Waals surface area contributed by atoms with E-state index < -0.39 is 0 Å². The quantitative estimate of drug-likeness (QED) is 0.662. The maximum atomic E-state index is 12.8. The van der Waals surface area contributed by atoms with Gasteiger partial charge in [-0.2, -0.15) is 0 Å². The van der Waals surface area contributed by atoms with Crippen LogP contribution in [0.3, 0.4) is 0 Å². The second-order valence-electron chi connectivity index (χ2n) is 6.76. The molecule has 132 valence electrons. The Morgan fingerprint density at radius 3 is 2.71 bits per heavy atom. The monoisotopic (exact) mass is 349 g/mol. The van der Waals surface area contributed by atoms with Crippen molar-refractivity contribution < 1.29 is 9.59 Å². The first-order valence-electron chi connectivity index (χ1n) is 9.07. The van der Waals surface area contributed by atoms with E-state index in [1.54, 1.807) is 11.3 Å². The van der Waals surface area contributed by atoms with E-state index in [0.717, 1.165) is 55.5 Å². The van der Waals surface area contributed by atoms with E-state index in [2.05, 4.69) is 22.9 Å². The van der Waals surface area contributed by atoms with E-state index in [1.165, 1.54) is 4.88 Å². The first kappa shape index (κ1) is 17.4. The van der Waals surface area contributed by atoms with Crippen LogP contribution in [0.5, 0.6) is 0 Å². The van der Waals surface area contributed by atoms with Crippen LogP contribution in [0.15, 0.2) is 0 Å². The number of nitrogens with one attached hydrogen (secondary N) is 3. The molecule has 1 heterocycles. The SMILES string of the molecule is CCCCNC(=O)c1c(NC(=O)C2CC2)sc2c1CCCC2NC. The third kappa shape index (κ3) is 3.64. The lowest BCUT2D eigenvalue weighted by Gasteiger charge is -2.22. The zero-order chi connectivity index (χ0) is 17.1. The van der Waals surface area contributed by atoms with Crippen LogP contribution in [-0.4, -0.2) is 25.4 Å². The maximum absolute atomic E-state index is 12.8. The van der Waals surface area contributed by atoms with Gasteiger partial charge < -0.3 is 16.0 Å². The van der Waals surface area contributed by atoms with Crippen LogP contribution in [0.25, 0.3) is 0 Å². The number of carbonyl (C=O) groups is 2. The Labute approximate surface area is 147 Å². The van der Waals surface area contributed by atoms with Crippen LogP contribution >= 0.6 is 11.3 Å². The van der Waals surface area contributed by atoms with Gasteiger partial charge in [0, 0.05) is 23.4 Å². The average Bonchev–Trinajstić information content (AvgIpc) is 3.36. The van der Waals surface area contributed by atoms with Crippen LogP contribution in [0, 0.1) is 5.92 Å². The number of carbonyl (C=O) groups excluding carboxylic acids is 2. The normalized spacial score (nSPS) is 19.7. The minimum atomic E-state index is -0.0381. The maximum Gasteiger partial charge on any atom is 0.254 e. The van der Waals surface area contributed by atoms with Crippen molar-refractivity contribution in [3.8, 4) is 0 Å². The van der Waals surface area contributed by atoms with Gasteiger partial charge in [-0.15, -0.1) is 11.3 Å². The van der Waals surface area contributed by atoms with Crippen LogP contribution in [0.1, 0.15) is 72.3 Å². The molecule has 0 saturated heterocycles. The molecule has 24 heavy (non-hydrogen) atoms. The van der Waals surface area contributed by atoms with Crippen molar-refractivity contribution in [2.24, 2.45) is 5.92 Å². The first-order valence-corrected chi connectivity index (χ1v) is 9.89. The van der Waals surface area contributed by atoms with E-state index in [0.29, 0.717) is 12.1 Å². The van der Waals surface area contributed by atoms with E-state index in [1.807, 2.05) is 7.05 Å². The van der Waals surface area contributed by atoms with Crippen molar-refractivity contribution in [1.82, 2.24) is 10.6 Å².